The lowest BCUT2D eigenvalue weighted by atomic mass is 10.1. The zero-order chi connectivity index (χ0) is 13.1. The van der Waals surface area contributed by atoms with Crippen molar-refractivity contribution in [2.45, 2.75) is 13.5 Å². The maximum atomic E-state index is 11.1. The third-order valence-corrected chi connectivity index (χ3v) is 2.59. The fourth-order valence-corrected chi connectivity index (χ4v) is 1.57. The maximum Gasteiger partial charge on any atom is 0.335 e. The first kappa shape index (κ1) is 12.0. The number of hydrogen-bond donors (Lipinski definition) is 1. The van der Waals surface area contributed by atoms with Crippen LogP contribution in [0.1, 0.15) is 33.2 Å². The van der Waals surface area contributed by atoms with Crippen molar-refractivity contribution in [2.75, 3.05) is 0 Å². The maximum absolute atomic E-state index is 11.1. The standard InChI is InChI=1S/C13H12N2O3/c1-9(16)12-6-14-15(8-12)7-10-2-4-11(5-3-10)13(17)18/h2-6,8H,7H2,1H3,(H,17,18). The van der Waals surface area contributed by atoms with Gasteiger partial charge in [0.05, 0.1) is 23.9 Å². The summed E-state index contributed by atoms with van der Waals surface area (Å²) in [6, 6.07) is 6.57. The minimum absolute atomic E-state index is 0.0255. The number of rotatable bonds is 4. The van der Waals surface area contributed by atoms with Crippen molar-refractivity contribution in [3.8, 4) is 0 Å². The van der Waals surface area contributed by atoms with Crippen LogP contribution in [0.25, 0.3) is 0 Å². The number of carboxylic acid groups (broad SMARTS) is 1. The molecule has 2 rings (SSSR count). The highest BCUT2D eigenvalue weighted by Gasteiger charge is 2.05. The number of aromatic nitrogens is 2. The quantitative estimate of drug-likeness (QED) is 0.833. The second-order valence-corrected chi connectivity index (χ2v) is 3.98. The highest BCUT2D eigenvalue weighted by atomic mass is 16.4. The predicted molar refractivity (Wildman–Crippen MR) is 64.7 cm³/mol. The zero-order valence-electron chi connectivity index (χ0n) is 9.83. The van der Waals surface area contributed by atoms with Crippen LogP contribution in [-0.2, 0) is 6.54 Å². The Morgan fingerprint density at radius 3 is 2.39 bits per heavy atom. The van der Waals surface area contributed by atoms with E-state index in [-0.39, 0.29) is 11.3 Å². The van der Waals surface area contributed by atoms with Crippen LogP contribution < -0.4 is 0 Å². The van der Waals surface area contributed by atoms with Crippen LogP contribution in [0.5, 0.6) is 0 Å². The monoisotopic (exact) mass is 244 g/mol. The van der Waals surface area contributed by atoms with Gasteiger partial charge in [-0.2, -0.15) is 5.10 Å². The van der Waals surface area contributed by atoms with E-state index in [0.717, 1.165) is 5.56 Å². The number of ketones is 1. The number of benzene rings is 1. The van der Waals surface area contributed by atoms with Crippen LogP contribution >= 0.6 is 0 Å². The number of aromatic carboxylic acids is 1. The molecular formula is C13H12N2O3. The van der Waals surface area contributed by atoms with E-state index in [1.54, 1.807) is 35.1 Å². The number of Topliss-reactive ketones (excluding diaryl/α,β-unsaturated/α-hetero) is 1. The summed E-state index contributed by atoms with van der Waals surface area (Å²) >= 11 is 0. The molecule has 1 heterocycles. The molecule has 0 atom stereocenters. The molecule has 0 aliphatic heterocycles. The molecule has 0 amide bonds. The van der Waals surface area contributed by atoms with Crippen LogP contribution in [0.2, 0.25) is 0 Å². The molecule has 5 heteroatoms. The molecule has 0 aliphatic carbocycles. The summed E-state index contributed by atoms with van der Waals surface area (Å²) in [6.07, 6.45) is 3.20. The average Bonchev–Trinajstić information content (AvgIpc) is 2.78. The number of carboxylic acids is 1. The molecule has 0 unspecified atom stereocenters. The number of carbonyl (C=O) groups is 2. The molecule has 0 saturated carbocycles. The molecule has 0 fully saturated rings. The Labute approximate surface area is 104 Å². The largest absolute Gasteiger partial charge is 0.478 e. The Balaban J connectivity index is 2.13. The van der Waals surface area contributed by atoms with E-state index in [1.165, 1.54) is 13.1 Å². The normalized spacial score (nSPS) is 10.3. The summed E-state index contributed by atoms with van der Waals surface area (Å²) in [5.74, 6) is -0.970. The second-order valence-electron chi connectivity index (χ2n) is 3.98. The van der Waals surface area contributed by atoms with E-state index >= 15 is 0 Å². The number of nitrogens with zero attached hydrogens (tertiary/aromatic N) is 2. The van der Waals surface area contributed by atoms with E-state index in [2.05, 4.69) is 5.10 Å². The summed E-state index contributed by atoms with van der Waals surface area (Å²) in [4.78, 5) is 21.8. The third kappa shape index (κ3) is 2.63. The van der Waals surface area contributed by atoms with Gasteiger partial charge in [0.2, 0.25) is 0 Å². The Morgan fingerprint density at radius 2 is 1.89 bits per heavy atom. The highest BCUT2D eigenvalue weighted by molar-refractivity contribution is 5.93. The van der Waals surface area contributed by atoms with Crippen molar-refractivity contribution in [1.29, 1.82) is 0 Å². The van der Waals surface area contributed by atoms with Gasteiger partial charge in [0.15, 0.2) is 5.78 Å². The number of carbonyl (C=O) groups excluding carboxylic acids is 1. The second kappa shape index (κ2) is 4.83. The lowest BCUT2D eigenvalue weighted by Crippen LogP contribution is -2.01. The van der Waals surface area contributed by atoms with Gasteiger partial charge < -0.3 is 5.11 Å². The molecule has 18 heavy (non-hydrogen) atoms. The molecule has 2 aromatic rings. The van der Waals surface area contributed by atoms with Gasteiger partial charge >= 0.3 is 5.97 Å². The minimum Gasteiger partial charge on any atom is -0.478 e. The van der Waals surface area contributed by atoms with Crippen LogP contribution in [0.3, 0.4) is 0 Å². The Kier molecular flexibility index (Phi) is 3.23. The summed E-state index contributed by atoms with van der Waals surface area (Å²) in [5, 5.41) is 12.8. The fourth-order valence-electron chi connectivity index (χ4n) is 1.57. The molecule has 5 nitrogen and oxygen atoms in total. The average molecular weight is 244 g/mol. The van der Waals surface area contributed by atoms with E-state index in [1.807, 2.05) is 0 Å². The van der Waals surface area contributed by atoms with Gasteiger partial charge in [0.25, 0.3) is 0 Å². The van der Waals surface area contributed by atoms with Gasteiger partial charge in [-0.05, 0) is 24.6 Å². The SMILES string of the molecule is CC(=O)c1cnn(Cc2ccc(C(=O)O)cc2)c1. The van der Waals surface area contributed by atoms with Crippen molar-refractivity contribution in [3.63, 3.8) is 0 Å². The predicted octanol–water partition coefficient (Wildman–Crippen LogP) is 1.83. The molecular weight excluding hydrogens is 232 g/mol. The van der Waals surface area contributed by atoms with Gasteiger partial charge in [0, 0.05) is 6.20 Å². The molecule has 0 spiro atoms. The lowest BCUT2D eigenvalue weighted by Gasteiger charge is -2.02. The lowest BCUT2D eigenvalue weighted by molar-refractivity contribution is 0.0696. The minimum atomic E-state index is -0.945. The van der Waals surface area contributed by atoms with Crippen LogP contribution in [-0.4, -0.2) is 26.6 Å². The van der Waals surface area contributed by atoms with E-state index in [9.17, 15) is 9.59 Å². The van der Waals surface area contributed by atoms with Crippen molar-refractivity contribution >= 4 is 11.8 Å². The molecule has 0 saturated heterocycles. The summed E-state index contributed by atoms with van der Waals surface area (Å²) in [5.41, 5.74) is 1.75. The molecule has 0 aliphatic rings. The van der Waals surface area contributed by atoms with Crippen LogP contribution in [0, 0.1) is 0 Å². The first-order valence-electron chi connectivity index (χ1n) is 5.42. The van der Waals surface area contributed by atoms with Crippen LogP contribution in [0.15, 0.2) is 36.7 Å². The van der Waals surface area contributed by atoms with Gasteiger partial charge in [-0.1, -0.05) is 12.1 Å². The summed E-state index contributed by atoms with van der Waals surface area (Å²) < 4.78 is 1.65. The van der Waals surface area contributed by atoms with E-state index in [4.69, 9.17) is 5.11 Å². The molecule has 0 radical (unpaired) electrons. The highest BCUT2D eigenvalue weighted by Crippen LogP contribution is 2.07. The Bertz CT molecular complexity index is 585. The Hall–Kier alpha value is -2.43. The first-order chi connectivity index (χ1) is 8.56. The molecule has 1 N–H and O–H groups in total. The van der Waals surface area contributed by atoms with Crippen molar-refractivity contribution in [2.24, 2.45) is 0 Å². The number of hydrogen-bond acceptors (Lipinski definition) is 3. The van der Waals surface area contributed by atoms with Crippen LogP contribution in [0.4, 0.5) is 0 Å². The van der Waals surface area contributed by atoms with Crippen molar-refractivity contribution in [1.82, 2.24) is 9.78 Å². The first-order valence-corrected chi connectivity index (χ1v) is 5.42. The molecule has 1 aromatic carbocycles. The molecule has 92 valence electrons. The smallest absolute Gasteiger partial charge is 0.335 e. The molecule has 0 bridgehead atoms. The van der Waals surface area contributed by atoms with Gasteiger partial charge in [-0.15, -0.1) is 0 Å². The fraction of sp³-hybridized carbons (Fsp3) is 0.154. The van der Waals surface area contributed by atoms with Crippen molar-refractivity contribution < 1.29 is 14.7 Å². The topological polar surface area (TPSA) is 72.2 Å². The Morgan fingerprint density at radius 1 is 1.22 bits per heavy atom. The third-order valence-electron chi connectivity index (χ3n) is 2.59. The van der Waals surface area contributed by atoms with Gasteiger partial charge in [-0.25, -0.2) is 4.79 Å². The van der Waals surface area contributed by atoms with E-state index < -0.39 is 5.97 Å². The summed E-state index contributed by atoms with van der Waals surface area (Å²) in [7, 11) is 0. The van der Waals surface area contributed by atoms with Gasteiger partial charge in [-0.3, -0.25) is 9.48 Å². The molecule has 1 aromatic heterocycles. The zero-order valence-corrected chi connectivity index (χ0v) is 9.83. The van der Waals surface area contributed by atoms with Crippen molar-refractivity contribution in [3.05, 3.63) is 53.3 Å². The van der Waals surface area contributed by atoms with E-state index in [0.29, 0.717) is 12.1 Å². The van der Waals surface area contributed by atoms with Gasteiger partial charge in [0.1, 0.15) is 0 Å². The summed E-state index contributed by atoms with van der Waals surface area (Å²) in [6.45, 7) is 2.00.